The molecule has 1 amide bonds. The first kappa shape index (κ1) is 23.6. The summed E-state index contributed by atoms with van der Waals surface area (Å²) in [5.41, 5.74) is 8.50. The van der Waals surface area contributed by atoms with Gasteiger partial charge in [-0.1, -0.05) is 53.4 Å². The highest BCUT2D eigenvalue weighted by Crippen LogP contribution is 2.36. The van der Waals surface area contributed by atoms with Crippen LogP contribution in [-0.2, 0) is 17.0 Å². The van der Waals surface area contributed by atoms with Gasteiger partial charge in [0.15, 0.2) is 21.8 Å². The van der Waals surface area contributed by atoms with Crippen LogP contribution in [0.3, 0.4) is 0 Å². The quantitative estimate of drug-likeness (QED) is 0.218. The summed E-state index contributed by atoms with van der Waals surface area (Å²) >= 11 is 3.19. The molecule has 0 saturated carbocycles. The van der Waals surface area contributed by atoms with E-state index in [0.717, 1.165) is 66.0 Å². The Morgan fingerprint density at radius 3 is 2.94 bits per heavy atom. The Balaban J connectivity index is 1.39. The van der Waals surface area contributed by atoms with E-state index >= 15 is 0 Å². The first-order valence-corrected chi connectivity index (χ1v) is 13.5. The van der Waals surface area contributed by atoms with Crippen LogP contribution in [0.4, 0.5) is 10.9 Å². The SMILES string of the molecule is NC(=O)CC1CCCN(c2nc(SCc3ccccc3)nc3nc(NCCc4cnc[nH]4)sc23)C1. The van der Waals surface area contributed by atoms with Crippen molar-refractivity contribution >= 4 is 50.3 Å². The lowest BCUT2D eigenvalue weighted by Crippen LogP contribution is -2.37. The molecule has 182 valence electrons. The molecular formula is C24H28N8OS2. The number of H-pyrrole nitrogens is 1. The van der Waals surface area contributed by atoms with Gasteiger partial charge in [-0.15, -0.1) is 0 Å². The number of rotatable bonds is 10. The first-order chi connectivity index (χ1) is 17.1. The number of primary amides is 1. The highest BCUT2D eigenvalue weighted by atomic mass is 32.2. The van der Waals surface area contributed by atoms with Crippen molar-refractivity contribution in [1.82, 2.24) is 24.9 Å². The normalized spacial score (nSPS) is 16.0. The molecule has 9 nitrogen and oxygen atoms in total. The number of fused-ring (bicyclic) bond motifs is 1. The Hall–Kier alpha value is -3.18. The van der Waals surface area contributed by atoms with Gasteiger partial charge in [-0.2, -0.15) is 4.98 Å². The van der Waals surface area contributed by atoms with E-state index in [9.17, 15) is 4.79 Å². The van der Waals surface area contributed by atoms with Gasteiger partial charge in [0.25, 0.3) is 0 Å². The molecule has 11 heteroatoms. The monoisotopic (exact) mass is 508 g/mol. The summed E-state index contributed by atoms with van der Waals surface area (Å²) in [6.45, 7) is 2.40. The molecule has 35 heavy (non-hydrogen) atoms. The lowest BCUT2D eigenvalue weighted by Gasteiger charge is -2.33. The summed E-state index contributed by atoms with van der Waals surface area (Å²) in [4.78, 5) is 35.6. The van der Waals surface area contributed by atoms with Crippen LogP contribution in [0, 0.1) is 5.92 Å². The summed E-state index contributed by atoms with van der Waals surface area (Å²) in [6.07, 6.45) is 6.76. The van der Waals surface area contributed by atoms with Crippen LogP contribution >= 0.6 is 23.1 Å². The van der Waals surface area contributed by atoms with Crippen molar-refractivity contribution in [1.29, 1.82) is 0 Å². The zero-order valence-electron chi connectivity index (χ0n) is 19.3. The predicted octanol–water partition coefficient (Wildman–Crippen LogP) is 3.85. The van der Waals surface area contributed by atoms with Gasteiger partial charge in [0.05, 0.1) is 6.33 Å². The van der Waals surface area contributed by atoms with Crippen molar-refractivity contribution in [3.63, 3.8) is 0 Å². The minimum absolute atomic E-state index is 0.242. The molecule has 1 fully saturated rings. The summed E-state index contributed by atoms with van der Waals surface area (Å²) < 4.78 is 0.970. The van der Waals surface area contributed by atoms with E-state index in [4.69, 9.17) is 20.7 Å². The fraction of sp³-hybridized carbons (Fsp3) is 0.375. The number of carbonyl (C=O) groups excluding carboxylic acids is 1. The smallest absolute Gasteiger partial charge is 0.217 e. The summed E-state index contributed by atoms with van der Waals surface area (Å²) in [7, 11) is 0. The predicted molar refractivity (Wildman–Crippen MR) is 141 cm³/mol. The van der Waals surface area contributed by atoms with Gasteiger partial charge in [-0.25, -0.2) is 15.0 Å². The number of carbonyl (C=O) groups is 1. The Morgan fingerprint density at radius 1 is 1.26 bits per heavy atom. The number of aromatic amines is 1. The molecule has 0 radical (unpaired) electrons. The summed E-state index contributed by atoms with van der Waals surface area (Å²) in [6, 6.07) is 10.3. The number of anilines is 2. The maximum Gasteiger partial charge on any atom is 0.217 e. The van der Waals surface area contributed by atoms with Crippen LogP contribution in [0.25, 0.3) is 10.3 Å². The molecule has 3 aromatic heterocycles. The van der Waals surface area contributed by atoms with Gasteiger partial charge in [0, 0.05) is 50.1 Å². The lowest BCUT2D eigenvalue weighted by molar-refractivity contribution is -0.118. The second-order valence-electron chi connectivity index (χ2n) is 8.65. The molecule has 1 atom stereocenters. The average Bonchev–Trinajstić information content (AvgIpc) is 3.52. The van der Waals surface area contributed by atoms with E-state index < -0.39 is 0 Å². The largest absolute Gasteiger partial charge is 0.370 e. The Bertz CT molecular complexity index is 1260. The number of amides is 1. The second-order valence-corrected chi connectivity index (χ2v) is 10.6. The van der Waals surface area contributed by atoms with E-state index in [1.54, 1.807) is 29.4 Å². The Morgan fingerprint density at radius 2 is 2.14 bits per heavy atom. The van der Waals surface area contributed by atoms with Crippen molar-refractivity contribution in [2.24, 2.45) is 11.7 Å². The maximum absolute atomic E-state index is 11.5. The average molecular weight is 509 g/mol. The highest BCUT2D eigenvalue weighted by molar-refractivity contribution is 7.98. The molecule has 0 spiro atoms. The van der Waals surface area contributed by atoms with Crippen LogP contribution in [-0.4, -0.2) is 50.5 Å². The third-order valence-corrected chi connectivity index (χ3v) is 7.88. The third-order valence-electron chi connectivity index (χ3n) is 5.96. The number of hydrogen-bond donors (Lipinski definition) is 3. The van der Waals surface area contributed by atoms with Crippen LogP contribution in [0.1, 0.15) is 30.5 Å². The van der Waals surface area contributed by atoms with Crippen molar-refractivity contribution in [3.8, 4) is 0 Å². The minimum atomic E-state index is -0.245. The van der Waals surface area contributed by atoms with Gasteiger partial charge >= 0.3 is 0 Å². The van der Waals surface area contributed by atoms with Gasteiger partial charge in [0.2, 0.25) is 5.91 Å². The molecule has 4 heterocycles. The van der Waals surface area contributed by atoms with Gasteiger partial charge < -0.3 is 20.9 Å². The number of nitrogens with zero attached hydrogens (tertiary/aromatic N) is 5. The topological polar surface area (TPSA) is 126 Å². The number of nitrogens with two attached hydrogens (primary N) is 1. The molecule has 1 aliphatic rings. The van der Waals surface area contributed by atoms with Crippen LogP contribution in [0.2, 0.25) is 0 Å². The van der Waals surface area contributed by atoms with E-state index in [-0.39, 0.29) is 11.8 Å². The standard InChI is InChI=1S/C24H28N8OS2/c25-19(33)11-17-7-4-10-32(13-17)22-20-21(29-23(35-20)27-9-8-18-12-26-15-28-18)30-24(31-22)34-14-16-5-2-1-3-6-16/h1-3,5-6,12,15,17H,4,7-11,13-14H2,(H2,25,33)(H,26,28)(H,27,29,30,31). The zero-order chi connectivity index (χ0) is 24.0. The molecule has 4 aromatic rings. The zero-order valence-corrected chi connectivity index (χ0v) is 20.9. The van der Waals surface area contributed by atoms with Crippen LogP contribution in [0.5, 0.6) is 0 Å². The van der Waals surface area contributed by atoms with Crippen molar-refractivity contribution in [3.05, 3.63) is 54.1 Å². The minimum Gasteiger partial charge on any atom is -0.370 e. The van der Waals surface area contributed by atoms with E-state index in [1.165, 1.54) is 5.56 Å². The molecule has 1 saturated heterocycles. The molecular weight excluding hydrogens is 480 g/mol. The van der Waals surface area contributed by atoms with E-state index in [2.05, 4.69) is 32.3 Å². The van der Waals surface area contributed by atoms with E-state index in [1.807, 2.05) is 24.4 Å². The van der Waals surface area contributed by atoms with E-state index in [0.29, 0.717) is 17.2 Å². The van der Waals surface area contributed by atoms with Crippen LogP contribution < -0.4 is 16.0 Å². The molecule has 1 unspecified atom stereocenters. The van der Waals surface area contributed by atoms with Crippen molar-refractivity contribution < 1.29 is 4.79 Å². The molecule has 4 N–H and O–H groups in total. The molecule has 0 aliphatic carbocycles. The number of hydrogen-bond acceptors (Lipinski definition) is 9. The third kappa shape index (κ3) is 6.09. The maximum atomic E-state index is 11.5. The van der Waals surface area contributed by atoms with Gasteiger partial charge in [0.1, 0.15) is 4.70 Å². The molecule has 0 bridgehead atoms. The van der Waals surface area contributed by atoms with Crippen molar-refractivity contribution in [2.75, 3.05) is 29.9 Å². The fourth-order valence-corrected chi connectivity index (χ4v) is 6.04. The summed E-state index contributed by atoms with van der Waals surface area (Å²) in [5.74, 6) is 1.69. The highest BCUT2D eigenvalue weighted by Gasteiger charge is 2.26. The molecule has 5 rings (SSSR count). The number of piperidine rings is 1. The first-order valence-electron chi connectivity index (χ1n) is 11.7. The molecule has 1 aromatic carbocycles. The number of thioether (sulfide) groups is 1. The Labute approximate surface area is 212 Å². The number of imidazole rings is 1. The lowest BCUT2D eigenvalue weighted by atomic mass is 9.94. The fourth-order valence-electron chi connectivity index (χ4n) is 4.30. The number of nitrogens with one attached hydrogen (secondary N) is 2. The number of benzene rings is 1. The summed E-state index contributed by atoms with van der Waals surface area (Å²) in [5, 5.41) is 4.96. The number of thiazole rings is 1. The van der Waals surface area contributed by atoms with Crippen molar-refractivity contribution in [2.45, 2.75) is 36.6 Å². The second kappa shape index (κ2) is 11.0. The van der Waals surface area contributed by atoms with Gasteiger partial charge in [-0.05, 0) is 24.3 Å². The van der Waals surface area contributed by atoms with Crippen LogP contribution in [0.15, 0.2) is 48.0 Å². The van der Waals surface area contributed by atoms with Gasteiger partial charge in [-0.3, -0.25) is 4.79 Å². The molecule has 1 aliphatic heterocycles. The number of aromatic nitrogens is 5. The Kier molecular flexibility index (Phi) is 7.43.